The molecule has 0 spiro atoms. The van der Waals surface area contributed by atoms with Gasteiger partial charge < -0.3 is 0 Å². The van der Waals surface area contributed by atoms with Crippen LogP contribution in [0.3, 0.4) is 0 Å². The van der Waals surface area contributed by atoms with Gasteiger partial charge in [0.2, 0.25) is 0 Å². The lowest BCUT2D eigenvalue weighted by Crippen LogP contribution is -1.91. The van der Waals surface area contributed by atoms with E-state index in [4.69, 9.17) is 0 Å². The van der Waals surface area contributed by atoms with Crippen molar-refractivity contribution in [1.82, 2.24) is 0 Å². The van der Waals surface area contributed by atoms with Crippen LogP contribution in [0.4, 0.5) is 5.69 Å². The summed E-state index contributed by atoms with van der Waals surface area (Å²) >= 11 is 4.67. The van der Waals surface area contributed by atoms with E-state index in [1.165, 1.54) is 23.4 Å². The van der Waals surface area contributed by atoms with E-state index in [-0.39, 0.29) is 10.6 Å². The Bertz CT molecular complexity index is 626. The lowest BCUT2D eigenvalue weighted by molar-refractivity contribution is -0.387. The van der Waals surface area contributed by atoms with Gasteiger partial charge in [-0.2, -0.15) is 0 Å². The molecule has 5 heteroatoms. The summed E-state index contributed by atoms with van der Waals surface area (Å²) in [6.45, 7) is 4.28. The summed E-state index contributed by atoms with van der Waals surface area (Å²) in [6.07, 6.45) is 0. The molecular formula is C15H14BrNO2S. The van der Waals surface area contributed by atoms with Crippen molar-refractivity contribution in [1.29, 1.82) is 0 Å². The quantitative estimate of drug-likeness (QED) is 0.529. The molecule has 0 atom stereocenters. The SMILES string of the molecule is CC(C)c1ccc(Sc2ccc(Br)cc2[N+](=O)[O-])cc1. The average Bonchev–Trinajstić information content (AvgIpc) is 2.41. The van der Waals surface area contributed by atoms with Crippen molar-refractivity contribution in [2.75, 3.05) is 0 Å². The van der Waals surface area contributed by atoms with E-state index in [0.717, 1.165) is 4.90 Å². The largest absolute Gasteiger partial charge is 0.284 e. The number of nitro benzene ring substituents is 1. The number of halogens is 1. The molecule has 2 rings (SSSR count). The zero-order valence-electron chi connectivity index (χ0n) is 11.2. The third-order valence-corrected chi connectivity index (χ3v) is 4.46. The van der Waals surface area contributed by atoms with E-state index in [2.05, 4.69) is 41.9 Å². The van der Waals surface area contributed by atoms with Crippen LogP contribution in [0.5, 0.6) is 0 Å². The Hall–Kier alpha value is -1.33. The first-order valence-electron chi connectivity index (χ1n) is 6.19. The van der Waals surface area contributed by atoms with Crippen molar-refractivity contribution < 1.29 is 4.92 Å². The molecular weight excluding hydrogens is 338 g/mol. The summed E-state index contributed by atoms with van der Waals surface area (Å²) in [5.74, 6) is 0.482. The molecule has 2 aromatic carbocycles. The fraction of sp³-hybridized carbons (Fsp3) is 0.200. The Morgan fingerprint density at radius 3 is 2.35 bits per heavy atom. The lowest BCUT2D eigenvalue weighted by atomic mass is 10.0. The first kappa shape index (κ1) is 15.1. The van der Waals surface area contributed by atoms with Crippen LogP contribution in [-0.4, -0.2) is 4.92 Å². The van der Waals surface area contributed by atoms with E-state index in [1.54, 1.807) is 6.07 Å². The van der Waals surface area contributed by atoms with Crippen molar-refractivity contribution in [3.8, 4) is 0 Å². The number of hydrogen-bond donors (Lipinski definition) is 0. The zero-order chi connectivity index (χ0) is 14.7. The molecule has 0 aromatic heterocycles. The Balaban J connectivity index is 2.28. The van der Waals surface area contributed by atoms with E-state index in [0.29, 0.717) is 15.3 Å². The Kier molecular flexibility index (Phi) is 4.83. The molecule has 0 bridgehead atoms. The van der Waals surface area contributed by atoms with E-state index in [9.17, 15) is 10.1 Å². The topological polar surface area (TPSA) is 43.1 Å². The lowest BCUT2D eigenvalue weighted by Gasteiger charge is -2.07. The van der Waals surface area contributed by atoms with Gasteiger partial charge in [-0.25, -0.2) is 0 Å². The molecule has 0 radical (unpaired) electrons. The predicted molar refractivity (Wildman–Crippen MR) is 85.5 cm³/mol. The van der Waals surface area contributed by atoms with Crippen molar-refractivity contribution in [3.63, 3.8) is 0 Å². The standard InChI is InChI=1S/C15H14BrNO2S/c1-10(2)11-3-6-13(7-4-11)20-15-8-5-12(16)9-14(15)17(18)19/h3-10H,1-2H3. The summed E-state index contributed by atoms with van der Waals surface area (Å²) in [4.78, 5) is 12.4. The van der Waals surface area contributed by atoms with Crippen molar-refractivity contribution in [2.45, 2.75) is 29.6 Å². The minimum atomic E-state index is -0.352. The van der Waals surface area contributed by atoms with Crippen LogP contribution >= 0.6 is 27.7 Å². The zero-order valence-corrected chi connectivity index (χ0v) is 13.6. The second kappa shape index (κ2) is 6.41. The van der Waals surface area contributed by atoms with E-state index in [1.807, 2.05) is 18.2 Å². The van der Waals surface area contributed by atoms with Gasteiger partial charge in [-0.05, 0) is 35.7 Å². The fourth-order valence-electron chi connectivity index (χ4n) is 1.77. The van der Waals surface area contributed by atoms with Crippen LogP contribution in [-0.2, 0) is 0 Å². The number of rotatable bonds is 4. The second-order valence-electron chi connectivity index (χ2n) is 4.69. The maximum atomic E-state index is 11.1. The molecule has 3 nitrogen and oxygen atoms in total. The van der Waals surface area contributed by atoms with Crippen LogP contribution in [0.1, 0.15) is 25.3 Å². The van der Waals surface area contributed by atoms with Gasteiger partial charge in [-0.3, -0.25) is 10.1 Å². The summed E-state index contributed by atoms with van der Waals surface area (Å²) in [5, 5.41) is 11.1. The number of hydrogen-bond acceptors (Lipinski definition) is 3. The molecule has 104 valence electrons. The minimum absolute atomic E-state index is 0.123. The van der Waals surface area contributed by atoms with Crippen molar-refractivity contribution in [2.24, 2.45) is 0 Å². The van der Waals surface area contributed by atoms with Gasteiger partial charge in [0.15, 0.2) is 0 Å². The van der Waals surface area contributed by atoms with Gasteiger partial charge in [-0.15, -0.1) is 0 Å². The molecule has 0 fully saturated rings. The highest BCUT2D eigenvalue weighted by Crippen LogP contribution is 2.36. The van der Waals surface area contributed by atoms with Crippen LogP contribution in [0, 0.1) is 10.1 Å². The first-order chi connectivity index (χ1) is 9.47. The van der Waals surface area contributed by atoms with Crippen LogP contribution in [0.25, 0.3) is 0 Å². The molecule has 0 heterocycles. The van der Waals surface area contributed by atoms with Gasteiger partial charge >= 0.3 is 0 Å². The third kappa shape index (κ3) is 3.61. The first-order valence-corrected chi connectivity index (χ1v) is 7.80. The van der Waals surface area contributed by atoms with Crippen LogP contribution in [0.2, 0.25) is 0 Å². The normalized spacial score (nSPS) is 10.8. The fourth-order valence-corrected chi connectivity index (χ4v) is 3.02. The summed E-state index contributed by atoms with van der Waals surface area (Å²) < 4.78 is 0.712. The summed E-state index contributed by atoms with van der Waals surface area (Å²) in [5.41, 5.74) is 1.39. The minimum Gasteiger partial charge on any atom is -0.258 e. The molecule has 20 heavy (non-hydrogen) atoms. The number of nitrogens with zero attached hydrogens (tertiary/aromatic N) is 1. The number of nitro groups is 1. The molecule has 0 saturated heterocycles. The molecule has 0 amide bonds. The Labute approximate surface area is 130 Å². The van der Waals surface area contributed by atoms with Crippen molar-refractivity contribution in [3.05, 3.63) is 62.6 Å². The highest BCUT2D eigenvalue weighted by atomic mass is 79.9. The highest BCUT2D eigenvalue weighted by molar-refractivity contribution is 9.10. The van der Waals surface area contributed by atoms with Gasteiger partial charge in [0.1, 0.15) is 0 Å². The molecule has 0 N–H and O–H groups in total. The summed E-state index contributed by atoms with van der Waals surface area (Å²) in [7, 11) is 0. The Morgan fingerprint density at radius 1 is 1.15 bits per heavy atom. The van der Waals surface area contributed by atoms with E-state index < -0.39 is 0 Å². The Morgan fingerprint density at radius 2 is 1.80 bits per heavy atom. The molecule has 0 unspecified atom stereocenters. The predicted octanol–water partition coefficient (Wildman–Crippen LogP) is 5.63. The molecule has 0 aliphatic rings. The van der Waals surface area contributed by atoms with Crippen LogP contribution < -0.4 is 0 Å². The van der Waals surface area contributed by atoms with Gasteiger partial charge in [-0.1, -0.05) is 53.7 Å². The van der Waals surface area contributed by atoms with Crippen molar-refractivity contribution >= 4 is 33.4 Å². The monoisotopic (exact) mass is 351 g/mol. The van der Waals surface area contributed by atoms with Crippen LogP contribution in [0.15, 0.2) is 56.7 Å². The maximum Gasteiger partial charge on any atom is 0.284 e. The van der Waals surface area contributed by atoms with Gasteiger partial charge in [0.25, 0.3) is 5.69 Å². The van der Waals surface area contributed by atoms with Gasteiger partial charge in [0, 0.05) is 15.4 Å². The van der Waals surface area contributed by atoms with Gasteiger partial charge in [0.05, 0.1) is 9.82 Å². The second-order valence-corrected chi connectivity index (χ2v) is 6.73. The molecule has 0 saturated carbocycles. The maximum absolute atomic E-state index is 11.1. The third-order valence-electron chi connectivity index (χ3n) is 2.89. The molecule has 0 aliphatic heterocycles. The highest BCUT2D eigenvalue weighted by Gasteiger charge is 2.15. The van der Waals surface area contributed by atoms with E-state index >= 15 is 0 Å². The smallest absolute Gasteiger partial charge is 0.258 e. The molecule has 2 aromatic rings. The average molecular weight is 352 g/mol. The summed E-state index contributed by atoms with van der Waals surface area (Å²) in [6, 6.07) is 13.3. The molecule has 0 aliphatic carbocycles. The number of benzene rings is 2.